The number of hydrogen-bond acceptors (Lipinski definition) is 2. The van der Waals surface area contributed by atoms with Gasteiger partial charge >= 0.3 is 0 Å². The molecule has 3 aromatic carbocycles. The van der Waals surface area contributed by atoms with E-state index in [2.05, 4.69) is 53.1 Å². The van der Waals surface area contributed by atoms with E-state index >= 15 is 0 Å². The summed E-state index contributed by atoms with van der Waals surface area (Å²) in [5, 5.41) is 9.78. The Kier molecular flexibility index (Phi) is 6.66. The first-order valence-corrected chi connectivity index (χ1v) is 9.81. The highest BCUT2D eigenvalue weighted by Gasteiger charge is 2.03. The average molecular weight is 379 g/mol. The number of hydrogen-bond donors (Lipinski definition) is 2. The number of ether oxygens (including phenoxy) is 1. The standard InChI is InChI=1S/C23H26N2OS/c1-17(2)26-21-13-6-12-20(16-21)25-23(27)24-15-7-11-19-10-5-9-18-8-3-4-14-22(18)19/h3-6,8-10,12-14,16-17H,7,11,15H2,1-2H3,(H2,24,25,27). The van der Waals surface area contributed by atoms with Crippen molar-refractivity contribution in [1.29, 1.82) is 0 Å². The molecule has 0 unspecified atom stereocenters. The summed E-state index contributed by atoms with van der Waals surface area (Å²) in [5.74, 6) is 0.841. The molecule has 0 atom stereocenters. The maximum Gasteiger partial charge on any atom is 0.170 e. The zero-order chi connectivity index (χ0) is 19.1. The van der Waals surface area contributed by atoms with Crippen LogP contribution in [0.4, 0.5) is 5.69 Å². The number of aryl methyl sites for hydroxylation is 1. The van der Waals surface area contributed by atoms with Crippen LogP contribution in [-0.2, 0) is 6.42 Å². The Morgan fingerprint density at radius 1 is 1.00 bits per heavy atom. The molecule has 2 N–H and O–H groups in total. The topological polar surface area (TPSA) is 33.3 Å². The van der Waals surface area contributed by atoms with Crippen LogP contribution >= 0.6 is 12.2 Å². The zero-order valence-corrected chi connectivity index (χ0v) is 16.7. The van der Waals surface area contributed by atoms with Crippen molar-refractivity contribution < 1.29 is 4.74 Å². The molecule has 0 aliphatic heterocycles. The summed E-state index contributed by atoms with van der Waals surface area (Å²) in [6, 6.07) is 22.9. The van der Waals surface area contributed by atoms with Gasteiger partial charge in [-0.25, -0.2) is 0 Å². The van der Waals surface area contributed by atoms with Crippen molar-refractivity contribution in [2.75, 3.05) is 11.9 Å². The zero-order valence-electron chi connectivity index (χ0n) is 15.9. The fraction of sp³-hybridized carbons (Fsp3) is 0.261. The number of nitrogens with one attached hydrogen (secondary N) is 2. The molecule has 4 heteroatoms. The molecular formula is C23H26N2OS. The number of thiocarbonyl (C=S) groups is 1. The Labute approximate surface area is 166 Å². The summed E-state index contributed by atoms with van der Waals surface area (Å²) in [6.45, 7) is 4.86. The molecule has 0 aliphatic carbocycles. The van der Waals surface area contributed by atoms with Crippen molar-refractivity contribution >= 4 is 33.8 Å². The van der Waals surface area contributed by atoms with Gasteiger partial charge in [-0.15, -0.1) is 0 Å². The Morgan fingerprint density at radius 3 is 2.63 bits per heavy atom. The minimum Gasteiger partial charge on any atom is -0.491 e. The summed E-state index contributed by atoms with van der Waals surface area (Å²) < 4.78 is 5.72. The third-order valence-electron chi connectivity index (χ3n) is 4.25. The molecule has 0 amide bonds. The lowest BCUT2D eigenvalue weighted by Gasteiger charge is -2.13. The Morgan fingerprint density at radius 2 is 1.78 bits per heavy atom. The molecule has 0 spiro atoms. The van der Waals surface area contributed by atoms with Gasteiger partial charge in [-0.2, -0.15) is 0 Å². The molecule has 0 saturated heterocycles. The first-order valence-electron chi connectivity index (χ1n) is 9.40. The fourth-order valence-corrected chi connectivity index (χ4v) is 3.31. The Hall–Kier alpha value is -2.59. The molecule has 0 fully saturated rings. The first kappa shape index (κ1) is 19.2. The smallest absolute Gasteiger partial charge is 0.170 e. The molecule has 27 heavy (non-hydrogen) atoms. The molecule has 0 aliphatic rings. The highest BCUT2D eigenvalue weighted by Crippen LogP contribution is 2.20. The molecule has 0 aromatic heterocycles. The van der Waals surface area contributed by atoms with E-state index < -0.39 is 0 Å². The van der Waals surface area contributed by atoms with Crippen LogP contribution in [0.2, 0.25) is 0 Å². The normalized spacial score (nSPS) is 10.8. The fourth-order valence-electron chi connectivity index (χ4n) is 3.09. The van der Waals surface area contributed by atoms with Gasteiger partial charge in [-0.1, -0.05) is 48.5 Å². The van der Waals surface area contributed by atoms with E-state index in [1.54, 1.807) is 0 Å². The van der Waals surface area contributed by atoms with E-state index in [1.807, 2.05) is 38.1 Å². The van der Waals surface area contributed by atoms with Crippen LogP contribution in [0.1, 0.15) is 25.8 Å². The summed E-state index contributed by atoms with van der Waals surface area (Å²) in [6.07, 6.45) is 2.19. The predicted octanol–water partition coefficient (Wildman–Crippen LogP) is 5.55. The van der Waals surface area contributed by atoms with Gasteiger partial charge in [0, 0.05) is 18.3 Å². The number of rotatable bonds is 7. The van der Waals surface area contributed by atoms with Crippen LogP contribution < -0.4 is 15.4 Å². The van der Waals surface area contributed by atoms with Gasteiger partial charge in [0.15, 0.2) is 5.11 Å². The van der Waals surface area contributed by atoms with Crippen LogP contribution in [0.5, 0.6) is 5.75 Å². The summed E-state index contributed by atoms with van der Waals surface area (Å²) in [7, 11) is 0. The number of fused-ring (bicyclic) bond motifs is 1. The van der Waals surface area contributed by atoms with E-state index in [0.29, 0.717) is 5.11 Å². The molecular weight excluding hydrogens is 352 g/mol. The Balaban J connectivity index is 1.47. The molecule has 0 heterocycles. The minimum absolute atomic E-state index is 0.152. The lowest BCUT2D eigenvalue weighted by molar-refractivity contribution is 0.242. The maximum atomic E-state index is 5.72. The molecule has 0 radical (unpaired) electrons. The van der Waals surface area contributed by atoms with Gasteiger partial charge in [0.25, 0.3) is 0 Å². The van der Waals surface area contributed by atoms with Crippen molar-refractivity contribution in [3.63, 3.8) is 0 Å². The lowest BCUT2D eigenvalue weighted by atomic mass is 10.0. The van der Waals surface area contributed by atoms with Gasteiger partial charge in [0.05, 0.1) is 6.10 Å². The summed E-state index contributed by atoms with van der Waals surface area (Å²) >= 11 is 5.41. The second-order valence-electron chi connectivity index (χ2n) is 6.82. The molecule has 140 valence electrons. The van der Waals surface area contributed by atoms with E-state index in [4.69, 9.17) is 17.0 Å². The van der Waals surface area contributed by atoms with Crippen molar-refractivity contribution in [3.05, 3.63) is 72.3 Å². The average Bonchev–Trinajstić information content (AvgIpc) is 2.65. The first-order chi connectivity index (χ1) is 13.1. The molecule has 3 rings (SSSR count). The van der Waals surface area contributed by atoms with E-state index in [1.165, 1.54) is 16.3 Å². The maximum absolute atomic E-state index is 5.72. The van der Waals surface area contributed by atoms with Gasteiger partial charge in [-0.05, 0) is 67.4 Å². The molecule has 0 bridgehead atoms. The van der Waals surface area contributed by atoms with Crippen LogP contribution in [0, 0.1) is 0 Å². The van der Waals surface area contributed by atoms with Crippen molar-refractivity contribution in [2.45, 2.75) is 32.8 Å². The SMILES string of the molecule is CC(C)Oc1cccc(NC(=S)NCCCc2cccc3ccccc23)c1. The van der Waals surface area contributed by atoms with Gasteiger partial charge < -0.3 is 15.4 Å². The number of anilines is 1. The van der Waals surface area contributed by atoms with Crippen LogP contribution in [0.3, 0.4) is 0 Å². The summed E-state index contributed by atoms with van der Waals surface area (Å²) in [5.41, 5.74) is 2.31. The second-order valence-corrected chi connectivity index (χ2v) is 7.23. The summed E-state index contributed by atoms with van der Waals surface area (Å²) in [4.78, 5) is 0. The third kappa shape index (κ3) is 5.69. The minimum atomic E-state index is 0.152. The second kappa shape index (κ2) is 9.38. The van der Waals surface area contributed by atoms with Gasteiger partial charge in [0.2, 0.25) is 0 Å². The van der Waals surface area contributed by atoms with Crippen LogP contribution in [0.25, 0.3) is 10.8 Å². The lowest BCUT2D eigenvalue weighted by Crippen LogP contribution is -2.29. The highest BCUT2D eigenvalue weighted by molar-refractivity contribution is 7.80. The van der Waals surface area contributed by atoms with Crippen molar-refractivity contribution in [2.24, 2.45) is 0 Å². The molecule has 0 saturated carbocycles. The monoisotopic (exact) mass is 378 g/mol. The Bertz CT molecular complexity index is 902. The van der Waals surface area contributed by atoms with E-state index in [9.17, 15) is 0 Å². The predicted molar refractivity (Wildman–Crippen MR) is 119 cm³/mol. The van der Waals surface area contributed by atoms with Crippen LogP contribution in [0.15, 0.2) is 66.7 Å². The van der Waals surface area contributed by atoms with Gasteiger partial charge in [-0.3, -0.25) is 0 Å². The molecule has 3 nitrogen and oxygen atoms in total. The van der Waals surface area contributed by atoms with Crippen LogP contribution in [-0.4, -0.2) is 17.8 Å². The molecule has 3 aromatic rings. The third-order valence-corrected chi connectivity index (χ3v) is 4.50. The van der Waals surface area contributed by atoms with E-state index in [-0.39, 0.29) is 6.10 Å². The largest absolute Gasteiger partial charge is 0.491 e. The van der Waals surface area contributed by atoms with Crippen molar-refractivity contribution in [3.8, 4) is 5.75 Å². The van der Waals surface area contributed by atoms with Gasteiger partial charge in [0.1, 0.15) is 5.75 Å². The highest BCUT2D eigenvalue weighted by atomic mass is 32.1. The van der Waals surface area contributed by atoms with E-state index in [0.717, 1.165) is 30.8 Å². The quantitative estimate of drug-likeness (QED) is 0.417. The van der Waals surface area contributed by atoms with Crippen molar-refractivity contribution in [1.82, 2.24) is 5.32 Å². The number of benzene rings is 3.